The molecule has 0 bridgehead atoms. The first-order chi connectivity index (χ1) is 23.3. The molecule has 7 rings (SSSR count). The first-order valence-corrected chi connectivity index (χ1v) is 17.1. The molecule has 3 aromatic heterocycles. The summed E-state index contributed by atoms with van der Waals surface area (Å²) in [6.45, 7) is 15.3. The topological polar surface area (TPSA) is 44.9 Å². The van der Waals surface area contributed by atoms with Crippen LogP contribution in [0.4, 0.5) is 0 Å². The Morgan fingerprint density at radius 3 is 2.22 bits per heavy atom. The first kappa shape index (κ1) is 34.4. The van der Waals surface area contributed by atoms with Crippen molar-refractivity contribution in [2.75, 3.05) is 0 Å². The molecule has 0 fully saturated rings. The fourth-order valence-electron chi connectivity index (χ4n) is 6.95. The Kier molecular flexibility index (Phi) is 9.93. The second kappa shape index (κ2) is 14.2. The molecule has 7 aromatic rings. The van der Waals surface area contributed by atoms with E-state index in [1.54, 1.807) is 0 Å². The molecule has 0 aliphatic rings. The zero-order valence-corrected chi connectivity index (χ0v) is 30.8. The molecular weight excluding hydrogens is 695 g/mol. The van der Waals surface area contributed by atoms with E-state index in [0.29, 0.717) is 11.5 Å². The minimum atomic E-state index is 0. The fraction of sp³-hybridized carbons (Fsp3) is 0.256. The van der Waals surface area contributed by atoms with Crippen molar-refractivity contribution >= 4 is 21.8 Å². The number of fused-ring (bicyclic) bond motifs is 3. The summed E-state index contributed by atoms with van der Waals surface area (Å²) in [7, 11) is 0. The van der Waals surface area contributed by atoms with Crippen molar-refractivity contribution in [2.24, 2.45) is 0 Å². The number of pyridine rings is 1. The van der Waals surface area contributed by atoms with E-state index in [0.717, 1.165) is 69.5 Å². The van der Waals surface area contributed by atoms with Gasteiger partial charge in [0.15, 0.2) is 0 Å². The van der Waals surface area contributed by atoms with Crippen LogP contribution in [0.5, 0.6) is 11.5 Å². The molecule has 0 amide bonds. The summed E-state index contributed by atoms with van der Waals surface area (Å²) < 4.78 is 10.8. The van der Waals surface area contributed by atoms with Crippen molar-refractivity contribution in [3.05, 3.63) is 131 Å². The maximum Gasteiger partial charge on any atom is 2.00 e. The summed E-state index contributed by atoms with van der Waals surface area (Å²) in [6.07, 6.45) is 4.77. The van der Waals surface area contributed by atoms with E-state index in [1.165, 1.54) is 27.8 Å². The van der Waals surface area contributed by atoms with Crippen molar-refractivity contribution in [3.63, 3.8) is 0 Å². The number of benzene rings is 4. The summed E-state index contributed by atoms with van der Waals surface area (Å²) in [5.74, 6) is 2.43. The van der Waals surface area contributed by atoms with Gasteiger partial charge in [-0.25, -0.2) is 4.98 Å². The predicted molar refractivity (Wildman–Crippen MR) is 197 cm³/mol. The molecule has 3 heterocycles. The molecule has 4 aromatic carbocycles. The number of rotatable bonds is 9. The van der Waals surface area contributed by atoms with Crippen LogP contribution in [0.3, 0.4) is 0 Å². The van der Waals surface area contributed by atoms with E-state index in [-0.39, 0.29) is 26.3 Å². The summed E-state index contributed by atoms with van der Waals surface area (Å²) in [5.41, 5.74) is 12.6. The number of para-hydroxylation sites is 1. The third-order valence-electron chi connectivity index (χ3n) is 9.51. The molecule has 0 saturated heterocycles. The second-order valence-corrected chi connectivity index (χ2v) is 12.8. The average molecular weight is 737 g/mol. The molecule has 0 atom stereocenters. The minimum Gasteiger partial charge on any atom is -0.509 e. The van der Waals surface area contributed by atoms with Gasteiger partial charge in [0, 0.05) is 34.5 Å². The SMILES string of the molecule is CCc1ccnc(-n2c3[c-]c(Oc4[c-]c(-n5nc(C)c(-c6c(CC)cccc6CC)c5C)cc(C(C)C)c4)ccc3c3ccccc32)c1.[Pd+2]. The Morgan fingerprint density at radius 1 is 0.755 bits per heavy atom. The monoisotopic (exact) mass is 736 g/mol. The van der Waals surface area contributed by atoms with Gasteiger partial charge in [-0.15, -0.1) is 41.3 Å². The van der Waals surface area contributed by atoms with Gasteiger partial charge in [0.2, 0.25) is 0 Å². The van der Waals surface area contributed by atoms with Gasteiger partial charge in [-0.1, -0.05) is 76.5 Å². The molecular formula is C43H42N4OPd. The van der Waals surface area contributed by atoms with Gasteiger partial charge >= 0.3 is 20.4 Å². The molecule has 0 aliphatic heterocycles. The van der Waals surface area contributed by atoms with Gasteiger partial charge in [0.1, 0.15) is 5.82 Å². The average Bonchev–Trinajstić information content (AvgIpc) is 3.59. The van der Waals surface area contributed by atoms with Crippen molar-refractivity contribution < 1.29 is 25.2 Å². The largest absolute Gasteiger partial charge is 2.00 e. The molecule has 0 N–H and O–H groups in total. The molecule has 0 radical (unpaired) electrons. The van der Waals surface area contributed by atoms with Gasteiger partial charge < -0.3 is 9.30 Å². The standard InChI is InChI=1S/C43H42N4O.Pd/c1-8-30-20-21-44-41(22-30)46-39-17-12-11-16-37(39)38-19-18-35(26-40(38)46)48-36-24-33(27(4)5)23-34(25-36)47-29(7)42(28(6)45-47)43-31(9-2)14-13-15-32(43)10-3;/h11-24,27H,8-10H2,1-7H3;/q-2;+2. The van der Waals surface area contributed by atoms with E-state index >= 15 is 0 Å². The summed E-state index contributed by atoms with van der Waals surface area (Å²) >= 11 is 0. The van der Waals surface area contributed by atoms with Crippen LogP contribution in [0.25, 0.3) is 44.4 Å². The number of ether oxygens (including phenoxy) is 1. The summed E-state index contributed by atoms with van der Waals surface area (Å²) in [4.78, 5) is 4.77. The number of hydrogen-bond acceptors (Lipinski definition) is 3. The second-order valence-electron chi connectivity index (χ2n) is 12.8. The van der Waals surface area contributed by atoms with Crippen molar-refractivity contribution in [1.29, 1.82) is 0 Å². The molecule has 5 nitrogen and oxygen atoms in total. The molecule has 250 valence electrons. The quantitative estimate of drug-likeness (QED) is 0.109. The fourth-order valence-corrected chi connectivity index (χ4v) is 6.95. The number of aryl methyl sites for hydroxylation is 4. The number of aromatic nitrogens is 4. The van der Waals surface area contributed by atoms with E-state index in [2.05, 4.69) is 138 Å². The van der Waals surface area contributed by atoms with Gasteiger partial charge in [-0.05, 0) is 90.6 Å². The van der Waals surface area contributed by atoms with E-state index in [1.807, 2.05) is 16.9 Å². The van der Waals surface area contributed by atoms with Crippen LogP contribution in [-0.4, -0.2) is 19.3 Å². The van der Waals surface area contributed by atoms with Gasteiger partial charge in [-0.2, -0.15) is 11.2 Å². The summed E-state index contributed by atoms with van der Waals surface area (Å²) in [6, 6.07) is 34.9. The zero-order chi connectivity index (χ0) is 33.5. The van der Waals surface area contributed by atoms with Crippen LogP contribution in [0.2, 0.25) is 0 Å². The molecule has 0 saturated carbocycles. The van der Waals surface area contributed by atoms with Crippen LogP contribution >= 0.6 is 0 Å². The molecule has 0 spiro atoms. The van der Waals surface area contributed by atoms with Crippen LogP contribution in [0.15, 0.2) is 85.1 Å². The predicted octanol–water partition coefficient (Wildman–Crippen LogP) is 10.8. The molecule has 6 heteroatoms. The van der Waals surface area contributed by atoms with Crippen molar-refractivity contribution in [2.45, 2.75) is 73.6 Å². The van der Waals surface area contributed by atoms with Crippen LogP contribution in [0.1, 0.15) is 74.2 Å². The van der Waals surface area contributed by atoms with Gasteiger partial charge in [0.05, 0.1) is 5.69 Å². The summed E-state index contributed by atoms with van der Waals surface area (Å²) in [5, 5.41) is 7.36. The van der Waals surface area contributed by atoms with Crippen LogP contribution in [0, 0.1) is 26.0 Å². The number of hydrogen-bond donors (Lipinski definition) is 0. The van der Waals surface area contributed by atoms with Gasteiger partial charge in [-0.3, -0.25) is 4.68 Å². The maximum atomic E-state index is 6.62. The van der Waals surface area contributed by atoms with E-state index < -0.39 is 0 Å². The molecule has 0 unspecified atom stereocenters. The van der Waals surface area contributed by atoms with Crippen molar-refractivity contribution in [1.82, 2.24) is 19.3 Å². The zero-order valence-electron chi connectivity index (χ0n) is 29.3. The minimum absolute atomic E-state index is 0. The maximum absolute atomic E-state index is 6.62. The Hall–Kier alpha value is -4.50. The Morgan fingerprint density at radius 2 is 1.51 bits per heavy atom. The van der Waals surface area contributed by atoms with Crippen LogP contribution < -0.4 is 4.74 Å². The first-order valence-electron chi connectivity index (χ1n) is 17.1. The smallest absolute Gasteiger partial charge is 0.509 e. The molecule has 0 aliphatic carbocycles. The molecule has 49 heavy (non-hydrogen) atoms. The van der Waals surface area contributed by atoms with E-state index in [9.17, 15) is 0 Å². The third-order valence-corrected chi connectivity index (χ3v) is 9.51. The Bertz CT molecular complexity index is 2270. The van der Waals surface area contributed by atoms with E-state index in [4.69, 9.17) is 14.8 Å². The number of nitrogens with zero attached hydrogens (tertiary/aromatic N) is 4. The Labute approximate surface area is 303 Å². The Balaban J connectivity index is 0.00000417. The van der Waals surface area contributed by atoms with Gasteiger partial charge in [0.25, 0.3) is 0 Å². The normalized spacial score (nSPS) is 11.4. The third kappa shape index (κ3) is 6.25. The van der Waals surface area contributed by atoms with Crippen molar-refractivity contribution in [3.8, 4) is 34.1 Å². The van der Waals surface area contributed by atoms with Crippen LogP contribution in [-0.2, 0) is 39.7 Å².